The Morgan fingerprint density at radius 2 is 2.04 bits per heavy atom. The van der Waals surface area contributed by atoms with E-state index in [2.05, 4.69) is 27.8 Å². The van der Waals surface area contributed by atoms with Crippen LogP contribution in [-0.2, 0) is 4.74 Å². The molecule has 0 radical (unpaired) electrons. The number of nitrogens with zero attached hydrogens (tertiary/aromatic N) is 4. The van der Waals surface area contributed by atoms with Gasteiger partial charge in [-0.15, -0.1) is 0 Å². The number of halogens is 1. The van der Waals surface area contributed by atoms with E-state index in [1.165, 1.54) is 0 Å². The number of aromatic nitrogens is 1. The molecule has 3 aliphatic rings. The highest BCUT2D eigenvalue weighted by Crippen LogP contribution is 2.47. The monoisotopic (exact) mass is 398 g/mol. The normalized spacial score (nSPS) is 27.1. The first-order chi connectivity index (χ1) is 13.7. The topological polar surface area (TPSA) is 41.0 Å². The minimum atomic E-state index is -0.174. The molecule has 1 aromatic heterocycles. The van der Waals surface area contributed by atoms with E-state index in [1.54, 1.807) is 24.0 Å². The fourth-order valence-electron chi connectivity index (χ4n) is 4.25. The molecule has 5 rings (SSSR count). The summed E-state index contributed by atoms with van der Waals surface area (Å²) in [6.45, 7) is 5.87. The summed E-state index contributed by atoms with van der Waals surface area (Å²) in [5, 5.41) is 1.54. The Morgan fingerprint density at radius 3 is 2.79 bits per heavy atom. The van der Waals surface area contributed by atoms with Gasteiger partial charge >= 0.3 is 0 Å². The first kappa shape index (κ1) is 17.9. The van der Waals surface area contributed by atoms with Crippen molar-refractivity contribution < 1.29 is 9.13 Å². The van der Waals surface area contributed by atoms with E-state index in [1.807, 2.05) is 24.3 Å². The summed E-state index contributed by atoms with van der Waals surface area (Å²) in [5.74, 6) is -0.174. The predicted octanol–water partition coefficient (Wildman–Crippen LogP) is 3.65. The van der Waals surface area contributed by atoms with E-state index in [4.69, 9.17) is 9.73 Å². The summed E-state index contributed by atoms with van der Waals surface area (Å²) in [7, 11) is 0. The predicted molar refractivity (Wildman–Crippen MR) is 110 cm³/mol. The van der Waals surface area contributed by atoms with Gasteiger partial charge in [-0.1, -0.05) is 30.8 Å². The van der Waals surface area contributed by atoms with Crippen LogP contribution in [-0.4, -0.2) is 53.1 Å². The van der Waals surface area contributed by atoms with E-state index < -0.39 is 0 Å². The Balaban J connectivity index is 1.50. The number of thioether (sulfide) groups is 1. The third kappa shape index (κ3) is 3.16. The molecule has 0 aliphatic carbocycles. The molecule has 4 heterocycles. The maximum Gasteiger partial charge on any atom is 0.160 e. The first-order valence-corrected chi connectivity index (χ1v) is 10.6. The number of hydrogen-bond acceptors (Lipinski definition) is 6. The van der Waals surface area contributed by atoms with Gasteiger partial charge in [-0.25, -0.2) is 4.39 Å². The van der Waals surface area contributed by atoms with Crippen molar-refractivity contribution in [3.8, 4) is 0 Å². The van der Waals surface area contributed by atoms with E-state index in [-0.39, 0.29) is 17.9 Å². The van der Waals surface area contributed by atoms with Crippen molar-refractivity contribution in [1.82, 2.24) is 9.88 Å². The standard InChI is InChI=1S/C21H23FN4OS/c1-14-13-26-20(19(24-21(26)28-14)17-4-2-3-7-23-17)15-5-6-18(16(22)12-15)25-8-10-27-11-9-25/h2-7,12,14,19-20H,8-11,13H2,1H3/t14-,19-,20+/m1/s1. The molecule has 2 saturated heterocycles. The average molecular weight is 399 g/mol. The second kappa shape index (κ2) is 7.37. The highest BCUT2D eigenvalue weighted by Gasteiger charge is 2.43. The summed E-state index contributed by atoms with van der Waals surface area (Å²) >= 11 is 1.80. The van der Waals surface area contributed by atoms with Crippen LogP contribution in [0.5, 0.6) is 0 Å². The molecule has 7 heteroatoms. The van der Waals surface area contributed by atoms with Crippen LogP contribution in [0.3, 0.4) is 0 Å². The second-order valence-corrected chi connectivity index (χ2v) is 8.85. The zero-order valence-electron chi connectivity index (χ0n) is 15.8. The Labute approximate surface area is 168 Å². The van der Waals surface area contributed by atoms with Crippen LogP contribution in [0.25, 0.3) is 0 Å². The Hall–Kier alpha value is -2.12. The van der Waals surface area contributed by atoms with Gasteiger partial charge in [-0.05, 0) is 29.8 Å². The van der Waals surface area contributed by atoms with Crippen molar-refractivity contribution >= 4 is 22.6 Å². The number of pyridine rings is 1. The van der Waals surface area contributed by atoms with Crippen LogP contribution < -0.4 is 4.90 Å². The second-order valence-electron chi connectivity index (χ2n) is 7.45. The highest BCUT2D eigenvalue weighted by atomic mass is 32.2. The van der Waals surface area contributed by atoms with Gasteiger partial charge in [-0.2, -0.15) is 0 Å². The summed E-state index contributed by atoms with van der Waals surface area (Å²) < 4.78 is 20.5. The summed E-state index contributed by atoms with van der Waals surface area (Å²) in [6, 6.07) is 11.4. The summed E-state index contributed by atoms with van der Waals surface area (Å²) in [6.07, 6.45) is 1.80. The van der Waals surface area contributed by atoms with Crippen molar-refractivity contribution in [3.05, 3.63) is 59.7 Å². The SMILES string of the molecule is C[C@@H]1CN2C(=N[C@H](c3ccccn3)[C@@H]2c2ccc(N3CCOCC3)c(F)c2)S1. The molecule has 146 valence electrons. The molecule has 2 fully saturated rings. The lowest BCUT2D eigenvalue weighted by atomic mass is 9.96. The lowest BCUT2D eigenvalue weighted by Crippen LogP contribution is -2.36. The van der Waals surface area contributed by atoms with Gasteiger partial charge in [-0.3, -0.25) is 9.98 Å². The van der Waals surface area contributed by atoms with Gasteiger partial charge in [0.15, 0.2) is 5.17 Å². The summed E-state index contributed by atoms with van der Waals surface area (Å²) in [4.78, 5) is 13.9. The highest BCUT2D eigenvalue weighted by molar-refractivity contribution is 8.14. The van der Waals surface area contributed by atoms with Gasteiger partial charge in [0.1, 0.15) is 11.9 Å². The van der Waals surface area contributed by atoms with E-state index >= 15 is 4.39 Å². The minimum absolute atomic E-state index is 0.0180. The molecule has 28 heavy (non-hydrogen) atoms. The molecule has 0 N–H and O–H groups in total. The Kier molecular flexibility index (Phi) is 4.72. The maximum atomic E-state index is 15.1. The van der Waals surface area contributed by atoms with Crippen molar-refractivity contribution in [1.29, 1.82) is 0 Å². The Bertz CT molecular complexity index is 887. The first-order valence-electron chi connectivity index (χ1n) is 9.75. The number of benzene rings is 1. The number of amidine groups is 1. The van der Waals surface area contributed by atoms with Crippen LogP contribution >= 0.6 is 11.8 Å². The fraction of sp³-hybridized carbons (Fsp3) is 0.429. The van der Waals surface area contributed by atoms with Crippen molar-refractivity contribution in [2.75, 3.05) is 37.7 Å². The lowest BCUT2D eigenvalue weighted by Gasteiger charge is -2.31. The molecule has 0 bridgehead atoms. The third-order valence-corrected chi connectivity index (χ3v) is 6.65. The Morgan fingerprint density at radius 1 is 1.18 bits per heavy atom. The van der Waals surface area contributed by atoms with E-state index in [0.29, 0.717) is 24.2 Å². The van der Waals surface area contributed by atoms with Gasteiger partial charge in [0.25, 0.3) is 0 Å². The quantitative estimate of drug-likeness (QED) is 0.790. The zero-order valence-corrected chi connectivity index (χ0v) is 16.6. The van der Waals surface area contributed by atoms with Gasteiger partial charge in [0, 0.05) is 31.1 Å². The average Bonchev–Trinajstić information content (AvgIpc) is 3.25. The number of anilines is 1. The van der Waals surface area contributed by atoms with E-state index in [0.717, 1.165) is 36.1 Å². The molecule has 3 aliphatic heterocycles. The lowest BCUT2D eigenvalue weighted by molar-refractivity contribution is 0.122. The van der Waals surface area contributed by atoms with Crippen LogP contribution in [0.15, 0.2) is 47.6 Å². The zero-order chi connectivity index (χ0) is 19.1. The van der Waals surface area contributed by atoms with Crippen LogP contribution in [0.2, 0.25) is 0 Å². The van der Waals surface area contributed by atoms with Gasteiger partial charge in [0.2, 0.25) is 0 Å². The smallest absolute Gasteiger partial charge is 0.160 e. The van der Waals surface area contributed by atoms with Crippen LogP contribution in [0.4, 0.5) is 10.1 Å². The maximum absolute atomic E-state index is 15.1. The largest absolute Gasteiger partial charge is 0.378 e. The fourth-order valence-corrected chi connectivity index (χ4v) is 5.34. The molecule has 0 saturated carbocycles. The third-order valence-electron chi connectivity index (χ3n) is 5.55. The number of hydrogen-bond donors (Lipinski definition) is 0. The van der Waals surface area contributed by atoms with Crippen LogP contribution in [0.1, 0.15) is 30.3 Å². The van der Waals surface area contributed by atoms with Crippen molar-refractivity contribution in [2.24, 2.45) is 4.99 Å². The van der Waals surface area contributed by atoms with Gasteiger partial charge in [0.05, 0.1) is 30.6 Å². The number of aliphatic imine (C=N–C) groups is 1. The molecule has 0 spiro atoms. The molecule has 2 aromatic rings. The molecule has 1 aromatic carbocycles. The molecule has 5 nitrogen and oxygen atoms in total. The van der Waals surface area contributed by atoms with E-state index in [9.17, 15) is 0 Å². The van der Waals surface area contributed by atoms with Crippen LogP contribution in [0, 0.1) is 5.82 Å². The summed E-state index contributed by atoms with van der Waals surface area (Å²) in [5.41, 5.74) is 2.55. The molecule has 0 amide bonds. The molecule has 3 atom stereocenters. The molecular weight excluding hydrogens is 375 g/mol. The number of morpholine rings is 1. The number of fused-ring (bicyclic) bond motifs is 1. The minimum Gasteiger partial charge on any atom is -0.378 e. The molecular formula is C21H23FN4OS. The molecule has 0 unspecified atom stereocenters. The van der Waals surface area contributed by atoms with Gasteiger partial charge < -0.3 is 14.5 Å². The van der Waals surface area contributed by atoms with Crippen molar-refractivity contribution in [3.63, 3.8) is 0 Å². The number of rotatable bonds is 3. The van der Waals surface area contributed by atoms with Crippen molar-refractivity contribution in [2.45, 2.75) is 24.3 Å². The number of ether oxygens (including phenoxy) is 1.